The van der Waals surface area contributed by atoms with Crippen molar-refractivity contribution in [3.8, 4) is 5.75 Å². The van der Waals surface area contributed by atoms with Crippen LogP contribution in [0, 0.1) is 0 Å². The van der Waals surface area contributed by atoms with Gasteiger partial charge in [0.2, 0.25) is 6.20 Å². The van der Waals surface area contributed by atoms with Gasteiger partial charge < -0.3 is 4.74 Å². The Bertz CT molecular complexity index is 490. The lowest BCUT2D eigenvalue weighted by Gasteiger charge is -2.07. The molecule has 6 heteroatoms. The SMILES string of the molecule is C[n+]1cc2cc(OC(F)(F)F)ccc2[nH]1. The molecule has 0 saturated heterocycles. The summed E-state index contributed by atoms with van der Waals surface area (Å²) in [5.74, 6) is -0.213. The molecule has 0 aliphatic carbocycles. The first-order chi connectivity index (χ1) is 6.94. The number of alkyl halides is 3. The molecule has 1 aromatic carbocycles. The van der Waals surface area contributed by atoms with Gasteiger partial charge in [-0.2, -0.15) is 5.10 Å². The Morgan fingerprint density at radius 3 is 2.73 bits per heavy atom. The van der Waals surface area contributed by atoms with Crippen LogP contribution in [0.3, 0.4) is 0 Å². The fourth-order valence-electron chi connectivity index (χ4n) is 1.38. The minimum Gasteiger partial charge on any atom is -0.406 e. The van der Waals surface area contributed by atoms with E-state index >= 15 is 0 Å². The van der Waals surface area contributed by atoms with Gasteiger partial charge in [0.25, 0.3) is 0 Å². The number of aromatic nitrogens is 2. The summed E-state index contributed by atoms with van der Waals surface area (Å²) < 4.78 is 41.2. The number of H-pyrrole nitrogens is 1. The van der Waals surface area contributed by atoms with E-state index in [0.29, 0.717) is 5.39 Å². The van der Waals surface area contributed by atoms with Gasteiger partial charge in [0.15, 0.2) is 7.05 Å². The molecule has 1 heterocycles. The van der Waals surface area contributed by atoms with Crippen molar-refractivity contribution in [3.63, 3.8) is 0 Å². The summed E-state index contributed by atoms with van der Waals surface area (Å²) >= 11 is 0. The van der Waals surface area contributed by atoms with Gasteiger partial charge in [-0.1, -0.05) is 0 Å². The summed E-state index contributed by atoms with van der Waals surface area (Å²) in [7, 11) is 1.75. The zero-order valence-corrected chi connectivity index (χ0v) is 7.80. The summed E-state index contributed by atoms with van der Waals surface area (Å²) in [5.41, 5.74) is 0.757. The van der Waals surface area contributed by atoms with Crippen molar-refractivity contribution in [1.82, 2.24) is 5.10 Å². The smallest absolute Gasteiger partial charge is 0.406 e. The second kappa shape index (κ2) is 3.15. The number of aryl methyl sites for hydroxylation is 1. The molecule has 80 valence electrons. The zero-order chi connectivity index (χ0) is 11.1. The third-order valence-corrected chi connectivity index (χ3v) is 1.89. The van der Waals surface area contributed by atoms with Crippen LogP contribution in [0.5, 0.6) is 5.75 Å². The van der Waals surface area contributed by atoms with Crippen molar-refractivity contribution in [2.45, 2.75) is 6.36 Å². The summed E-state index contributed by atoms with van der Waals surface area (Å²) in [6.07, 6.45) is -2.97. The molecule has 2 rings (SSSR count). The first-order valence-electron chi connectivity index (χ1n) is 4.18. The lowest BCUT2D eigenvalue weighted by molar-refractivity contribution is -0.724. The van der Waals surface area contributed by atoms with Gasteiger partial charge in [0, 0.05) is 0 Å². The Balaban J connectivity index is 2.38. The molecule has 0 amide bonds. The molecule has 3 nitrogen and oxygen atoms in total. The van der Waals surface area contributed by atoms with Crippen LogP contribution in [0.15, 0.2) is 24.4 Å². The van der Waals surface area contributed by atoms with E-state index in [1.807, 2.05) is 0 Å². The van der Waals surface area contributed by atoms with Crippen molar-refractivity contribution in [2.75, 3.05) is 0 Å². The predicted octanol–water partition coefficient (Wildman–Crippen LogP) is 1.89. The Kier molecular flexibility index (Phi) is 2.06. The third-order valence-electron chi connectivity index (χ3n) is 1.89. The molecular formula is C9H8F3N2O+. The van der Waals surface area contributed by atoms with E-state index in [4.69, 9.17) is 0 Å². The van der Waals surface area contributed by atoms with E-state index in [0.717, 1.165) is 5.52 Å². The number of aromatic amines is 1. The number of ether oxygens (including phenoxy) is 1. The highest BCUT2D eigenvalue weighted by Gasteiger charge is 2.31. The van der Waals surface area contributed by atoms with Gasteiger partial charge in [-0.05, 0) is 18.2 Å². The van der Waals surface area contributed by atoms with E-state index < -0.39 is 6.36 Å². The topological polar surface area (TPSA) is 28.9 Å². The van der Waals surface area contributed by atoms with Crippen LogP contribution in [0.4, 0.5) is 13.2 Å². The maximum Gasteiger partial charge on any atom is 0.573 e. The number of hydrogen-bond acceptors (Lipinski definition) is 1. The molecular weight excluding hydrogens is 209 g/mol. The number of nitrogens with one attached hydrogen (secondary N) is 1. The average molecular weight is 217 g/mol. The van der Waals surface area contributed by atoms with Gasteiger partial charge in [0.05, 0.1) is 5.39 Å². The Morgan fingerprint density at radius 1 is 1.33 bits per heavy atom. The first kappa shape index (κ1) is 9.82. The molecule has 15 heavy (non-hydrogen) atoms. The minimum atomic E-state index is -4.65. The Hall–Kier alpha value is -1.72. The molecule has 0 spiro atoms. The van der Waals surface area contributed by atoms with Gasteiger partial charge in [-0.3, -0.25) is 0 Å². The van der Waals surface area contributed by atoms with E-state index in [-0.39, 0.29) is 5.75 Å². The van der Waals surface area contributed by atoms with Crippen molar-refractivity contribution >= 4 is 10.9 Å². The highest BCUT2D eigenvalue weighted by molar-refractivity contribution is 5.78. The van der Waals surface area contributed by atoms with E-state index in [1.54, 1.807) is 17.9 Å². The Morgan fingerprint density at radius 2 is 2.07 bits per heavy atom. The van der Waals surface area contributed by atoms with E-state index in [9.17, 15) is 13.2 Å². The van der Waals surface area contributed by atoms with Crippen LogP contribution in [0.25, 0.3) is 10.9 Å². The summed E-state index contributed by atoms with van der Waals surface area (Å²) in [6.45, 7) is 0. The fourth-order valence-corrected chi connectivity index (χ4v) is 1.38. The molecule has 2 aromatic rings. The fraction of sp³-hybridized carbons (Fsp3) is 0.222. The van der Waals surface area contributed by atoms with Crippen LogP contribution in [-0.4, -0.2) is 11.5 Å². The summed E-state index contributed by atoms with van der Waals surface area (Å²) in [5, 5.41) is 3.59. The van der Waals surface area contributed by atoms with Gasteiger partial charge in [0.1, 0.15) is 11.3 Å². The standard InChI is InChI=1S/C9H7F3N2O/c1-14-5-6-4-7(15-9(10,11)12)2-3-8(6)13-14/h2-5H,1H3/p+1. The molecule has 0 aliphatic rings. The van der Waals surface area contributed by atoms with Crippen LogP contribution >= 0.6 is 0 Å². The van der Waals surface area contributed by atoms with Gasteiger partial charge in [-0.15, -0.1) is 17.9 Å². The van der Waals surface area contributed by atoms with E-state index in [2.05, 4.69) is 9.84 Å². The van der Waals surface area contributed by atoms with Crippen molar-refractivity contribution in [2.24, 2.45) is 7.05 Å². The number of halogens is 3. The van der Waals surface area contributed by atoms with Crippen LogP contribution in [0.1, 0.15) is 0 Å². The monoisotopic (exact) mass is 217 g/mol. The van der Waals surface area contributed by atoms with Gasteiger partial charge >= 0.3 is 6.36 Å². The lowest BCUT2D eigenvalue weighted by Crippen LogP contribution is -2.27. The molecule has 1 N–H and O–H groups in total. The first-order valence-corrected chi connectivity index (χ1v) is 4.18. The van der Waals surface area contributed by atoms with Gasteiger partial charge in [-0.25, -0.2) is 0 Å². The number of fused-ring (bicyclic) bond motifs is 1. The molecule has 1 aromatic heterocycles. The van der Waals surface area contributed by atoms with Crippen molar-refractivity contribution in [1.29, 1.82) is 0 Å². The quantitative estimate of drug-likeness (QED) is 0.726. The Labute approximate surface area is 83.1 Å². The molecule has 0 bridgehead atoms. The van der Waals surface area contributed by atoms with Crippen LogP contribution < -0.4 is 9.42 Å². The summed E-state index contributed by atoms with van der Waals surface area (Å²) in [6, 6.07) is 4.14. The largest absolute Gasteiger partial charge is 0.573 e. The zero-order valence-electron chi connectivity index (χ0n) is 7.80. The highest BCUT2D eigenvalue weighted by Crippen LogP contribution is 2.25. The number of benzene rings is 1. The maximum absolute atomic E-state index is 11.9. The van der Waals surface area contributed by atoms with Crippen molar-refractivity contribution in [3.05, 3.63) is 24.4 Å². The van der Waals surface area contributed by atoms with Crippen LogP contribution in [0.2, 0.25) is 0 Å². The molecule has 0 unspecified atom stereocenters. The lowest BCUT2D eigenvalue weighted by atomic mass is 10.2. The molecule has 0 radical (unpaired) electrons. The molecule has 0 aliphatic heterocycles. The summed E-state index contributed by atoms with van der Waals surface area (Å²) in [4.78, 5) is 0. The minimum absolute atomic E-state index is 0.213. The average Bonchev–Trinajstić information content (AvgIpc) is 2.40. The number of nitrogens with zero attached hydrogens (tertiary/aromatic N) is 1. The molecule has 0 fully saturated rings. The second-order valence-corrected chi connectivity index (χ2v) is 3.15. The molecule has 0 saturated carbocycles. The van der Waals surface area contributed by atoms with Crippen LogP contribution in [-0.2, 0) is 7.05 Å². The highest BCUT2D eigenvalue weighted by atomic mass is 19.4. The van der Waals surface area contributed by atoms with Crippen molar-refractivity contribution < 1.29 is 22.6 Å². The third kappa shape index (κ3) is 2.20. The predicted molar refractivity (Wildman–Crippen MR) is 46.2 cm³/mol. The van der Waals surface area contributed by atoms with E-state index in [1.165, 1.54) is 18.2 Å². The number of rotatable bonds is 1. The molecule has 0 atom stereocenters. The normalized spacial score (nSPS) is 12.0. The second-order valence-electron chi connectivity index (χ2n) is 3.15. The maximum atomic E-state index is 11.9. The number of hydrogen-bond donors (Lipinski definition) is 1.